The van der Waals surface area contributed by atoms with Crippen molar-refractivity contribution in [2.24, 2.45) is 5.92 Å². The van der Waals surface area contributed by atoms with Gasteiger partial charge in [-0.1, -0.05) is 19.9 Å². The summed E-state index contributed by atoms with van der Waals surface area (Å²) in [4.78, 5) is 0.331. The fraction of sp³-hybridized carbons (Fsp3) is 0.556. The summed E-state index contributed by atoms with van der Waals surface area (Å²) in [5.74, 6) is -0.494. The van der Waals surface area contributed by atoms with Crippen LogP contribution in [0.3, 0.4) is 0 Å². The van der Waals surface area contributed by atoms with E-state index < -0.39 is 17.9 Å². The summed E-state index contributed by atoms with van der Waals surface area (Å²) in [6.07, 6.45) is -2.74. The lowest BCUT2D eigenvalue weighted by Crippen LogP contribution is -2.38. The second-order valence-electron chi connectivity index (χ2n) is 3.26. The van der Waals surface area contributed by atoms with Gasteiger partial charge in [0, 0.05) is 4.88 Å². The van der Waals surface area contributed by atoms with Crippen molar-refractivity contribution >= 4 is 11.3 Å². The van der Waals surface area contributed by atoms with Crippen molar-refractivity contribution in [2.75, 3.05) is 0 Å². The summed E-state index contributed by atoms with van der Waals surface area (Å²) in [5, 5.41) is 11.5. The van der Waals surface area contributed by atoms with Crippen LogP contribution in [-0.4, -0.2) is 11.5 Å². The van der Waals surface area contributed by atoms with Crippen LogP contribution >= 0.6 is 11.3 Å². The summed E-state index contributed by atoms with van der Waals surface area (Å²) in [6.45, 7) is 3.18. The van der Waals surface area contributed by atoms with Crippen molar-refractivity contribution in [1.29, 1.82) is 0 Å². The van der Waals surface area contributed by atoms with Crippen molar-refractivity contribution in [3.8, 4) is 0 Å². The molecule has 0 amide bonds. The molecule has 0 saturated heterocycles. The second-order valence-corrected chi connectivity index (χ2v) is 4.21. The van der Waals surface area contributed by atoms with Gasteiger partial charge in [0.05, 0.1) is 0 Å². The summed E-state index contributed by atoms with van der Waals surface area (Å²) < 4.78 is 25.3. The van der Waals surface area contributed by atoms with E-state index in [1.165, 1.54) is 6.07 Å². The van der Waals surface area contributed by atoms with E-state index in [0.717, 1.165) is 11.3 Å². The van der Waals surface area contributed by atoms with Crippen LogP contribution in [-0.2, 0) is 5.60 Å². The zero-order valence-electron chi connectivity index (χ0n) is 7.50. The Balaban J connectivity index is 3.06. The first-order valence-electron chi connectivity index (χ1n) is 4.04. The van der Waals surface area contributed by atoms with Crippen LogP contribution in [0.15, 0.2) is 17.5 Å². The Morgan fingerprint density at radius 2 is 2.08 bits per heavy atom. The first-order chi connectivity index (χ1) is 5.99. The Hall–Kier alpha value is -0.480. The quantitative estimate of drug-likeness (QED) is 0.806. The molecule has 74 valence electrons. The molecule has 1 aromatic rings. The highest BCUT2D eigenvalue weighted by Crippen LogP contribution is 2.37. The fourth-order valence-electron chi connectivity index (χ4n) is 1.15. The van der Waals surface area contributed by atoms with E-state index in [1.807, 2.05) is 0 Å². The molecule has 0 aliphatic rings. The Kier molecular flexibility index (Phi) is 3.03. The molecule has 1 nitrogen and oxygen atoms in total. The fourth-order valence-corrected chi connectivity index (χ4v) is 2.12. The summed E-state index contributed by atoms with van der Waals surface area (Å²) in [7, 11) is 0. The maximum Gasteiger partial charge on any atom is 0.272 e. The van der Waals surface area contributed by atoms with E-state index >= 15 is 0 Å². The van der Waals surface area contributed by atoms with E-state index in [-0.39, 0.29) is 0 Å². The van der Waals surface area contributed by atoms with Gasteiger partial charge in [-0.2, -0.15) is 0 Å². The molecule has 0 saturated carbocycles. The smallest absolute Gasteiger partial charge is 0.272 e. The highest BCUT2D eigenvalue weighted by Gasteiger charge is 2.43. The highest BCUT2D eigenvalue weighted by molar-refractivity contribution is 7.10. The molecule has 0 aliphatic heterocycles. The first kappa shape index (κ1) is 10.6. The molecule has 1 atom stereocenters. The standard InChI is InChI=1S/C9H12F2OS/c1-6(2)9(12,8(10)11)7-4-3-5-13-7/h3-6,8,12H,1-2H3. The molecule has 0 radical (unpaired) electrons. The van der Waals surface area contributed by atoms with Gasteiger partial charge in [0.25, 0.3) is 6.43 Å². The average Bonchev–Trinajstić information content (AvgIpc) is 2.54. The number of hydrogen-bond donors (Lipinski definition) is 1. The number of halogens is 2. The molecular weight excluding hydrogens is 194 g/mol. The molecule has 1 N–H and O–H groups in total. The van der Waals surface area contributed by atoms with Gasteiger partial charge >= 0.3 is 0 Å². The molecule has 1 aromatic heterocycles. The molecule has 1 heterocycles. The van der Waals surface area contributed by atoms with Gasteiger partial charge in [0.2, 0.25) is 0 Å². The van der Waals surface area contributed by atoms with Gasteiger partial charge in [-0.15, -0.1) is 11.3 Å². The molecule has 1 rings (SSSR count). The molecule has 0 aromatic carbocycles. The van der Waals surface area contributed by atoms with Crippen LogP contribution in [0.4, 0.5) is 8.78 Å². The van der Waals surface area contributed by atoms with Crippen LogP contribution in [0.2, 0.25) is 0 Å². The van der Waals surface area contributed by atoms with E-state index in [0.29, 0.717) is 4.88 Å². The summed E-state index contributed by atoms with van der Waals surface area (Å²) in [6, 6.07) is 3.20. The number of alkyl halides is 2. The predicted octanol–water partition coefficient (Wildman–Crippen LogP) is 2.86. The minimum Gasteiger partial charge on any atom is -0.378 e. The first-order valence-corrected chi connectivity index (χ1v) is 4.92. The zero-order chi connectivity index (χ0) is 10.1. The molecule has 0 bridgehead atoms. The van der Waals surface area contributed by atoms with Gasteiger partial charge in [0.15, 0.2) is 5.60 Å². The van der Waals surface area contributed by atoms with Crippen molar-refractivity contribution < 1.29 is 13.9 Å². The third-order valence-electron chi connectivity index (χ3n) is 2.13. The van der Waals surface area contributed by atoms with E-state index in [9.17, 15) is 13.9 Å². The zero-order valence-corrected chi connectivity index (χ0v) is 8.31. The van der Waals surface area contributed by atoms with Crippen LogP contribution in [0.1, 0.15) is 18.7 Å². The van der Waals surface area contributed by atoms with Crippen molar-refractivity contribution in [2.45, 2.75) is 25.9 Å². The monoisotopic (exact) mass is 206 g/mol. The van der Waals surface area contributed by atoms with Crippen molar-refractivity contribution in [3.63, 3.8) is 0 Å². The second kappa shape index (κ2) is 3.72. The lowest BCUT2D eigenvalue weighted by atomic mass is 9.89. The molecular formula is C9H12F2OS. The number of aliphatic hydroxyl groups is 1. The van der Waals surface area contributed by atoms with Crippen LogP contribution in [0.25, 0.3) is 0 Å². The van der Waals surface area contributed by atoms with E-state index in [4.69, 9.17) is 0 Å². The minimum atomic E-state index is -2.74. The predicted molar refractivity (Wildman–Crippen MR) is 49.1 cm³/mol. The molecule has 4 heteroatoms. The minimum absolute atomic E-state index is 0.331. The Morgan fingerprint density at radius 1 is 1.46 bits per heavy atom. The molecule has 1 unspecified atom stereocenters. The van der Waals surface area contributed by atoms with Crippen molar-refractivity contribution in [3.05, 3.63) is 22.4 Å². The van der Waals surface area contributed by atoms with E-state index in [1.54, 1.807) is 25.3 Å². The SMILES string of the molecule is CC(C)C(O)(c1cccs1)C(F)F. The van der Waals surface area contributed by atoms with Gasteiger partial charge < -0.3 is 5.11 Å². The van der Waals surface area contributed by atoms with Gasteiger partial charge in [-0.05, 0) is 17.4 Å². The summed E-state index contributed by atoms with van der Waals surface area (Å²) >= 11 is 1.16. The number of hydrogen-bond acceptors (Lipinski definition) is 2. The highest BCUT2D eigenvalue weighted by atomic mass is 32.1. The van der Waals surface area contributed by atoms with Crippen LogP contribution in [0, 0.1) is 5.92 Å². The Labute approximate surface area is 80.0 Å². The van der Waals surface area contributed by atoms with Gasteiger partial charge in [-0.3, -0.25) is 0 Å². The molecule has 13 heavy (non-hydrogen) atoms. The average molecular weight is 206 g/mol. The topological polar surface area (TPSA) is 20.2 Å². The maximum atomic E-state index is 12.7. The van der Waals surface area contributed by atoms with Gasteiger partial charge in [0.1, 0.15) is 0 Å². The largest absolute Gasteiger partial charge is 0.378 e. The van der Waals surface area contributed by atoms with Crippen LogP contribution in [0.5, 0.6) is 0 Å². The Morgan fingerprint density at radius 3 is 2.38 bits per heavy atom. The molecule has 0 spiro atoms. The normalized spacial score (nSPS) is 16.5. The lowest BCUT2D eigenvalue weighted by Gasteiger charge is -2.30. The lowest BCUT2D eigenvalue weighted by molar-refractivity contribution is -0.129. The van der Waals surface area contributed by atoms with Crippen LogP contribution < -0.4 is 0 Å². The van der Waals surface area contributed by atoms with Crippen molar-refractivity contribution in [1.82, 2.24) is 0 Å². The third-order valence-corrected chi connectivity index (χ3v) is 3.14. The molecule has 0 fully saturated rings. The molecule has 0 aliphatic carbocycles. The maximum absolute atomic E-state index is 12.7. The van der Waals surface area contributed by atoms with Gasteiger partial charge in [-0.25, -0.2) is 8.78 Å². The Bertz CT molecular complexity index is 249. The van der Waals surface area contributed by atoms with E-state index in [2.05, 4.69) is 0 Å². The summed E-state index contributed by atoms with van der Waals surface area (Å²) in [5.41, 5.74) is -1.99. The number of thiophene rings is 1. The number of rotatable bonds is 3. The third kappa shape index (κ3) is 1.74.